The molecule has 1 aromatic carbocycles. The van der Waals surface area contributed by atoms with E-state index in [1.807, 2.05) is 12.1 Å². The van der Waals surface area contributed by atoms with Crippen LogP contribution in [0.25, 0.3) is 0 Å². The van der Waals surface area contributed by atoms with Crippen LogP contribution in [0.5, 0.6) is 5.75 Å². The third-order valence-corrected chi connectivity index (χ3v) is 4.08. The number of benzene rings is 1. The third-order valence-electron chi connectivity index (χ3n) is 4.08. The largest absolute Gasteiger partial charge is 0.493 e. The van der Waals surface area contributed by atoms with Gasteiger partial charge in [-0.05, 0) is 43.2 Å². The summed E-state index contributed by atoms with van der Waals surface area (Å²) in [6, 6.07) is 8.27. The molecule has 2 aliphatic rings. The first-order valence-corrected chi connectivity index (χ1v) is 6.59. The molecule has 1 heterocycles. The van der Waals surface area contributed by atoms with Crippen LogP contribution in [-0.4, -0.2) is 12.4 Å². The van der Waals surface area contributed by atoms with E-state index in [-0.39, 0.29) is 0 Å². The SMILES string of the molecule is O=C1CCCC1CC1CCOc2ccccc21. The van der Waals surface area contributed by atoms with Gasteiger partial charge in [-0.15, -0.1) is 0 Å². The number of hydrogen-bond donors (Lipinski definition) is 0. The lowest BCUT2D eigenvalue weighted by Gasteiger charge is -2.27. The highest BCUT2D eigenvalue weighted by Crippen LogP contribution is 2.39. The van der Waals surface area contributed by atoms with Crippen LogP contribution in [0.4, 0.5) is 0 Å². The number of carbonyl (C=O) groups is 1. The van der Waals surface area contributed by atoms with Crippen molar-refractivity contribution in [1.82, 2.24) is 0 Å². The van der Waals surface area contributed by atoms with Gasteiger partial charge in [0.05, 0.1) is 6.61 Å². The van der Waals surface area contributed by atoms with E-state index in [1.54, 1.807) is 0 Å². The molecule has 1 aliphatic carbocycles. The van der Waals surface area contributed by atoms with Crippen molar-refractivity contribution in [2.24, 2.45) is 5.92 Å². The Bertz CT molecular complexity index is 425. The molecule has 1 saturated carbocycles. The van der Waals surface area contributed by atoms with E-state index in [0.717, 1.165) is 44.5 Å². The van der Waals surface area contributed by atoms with Gasteiger partial charge in [0.15, 0.2) is 0 Å². The zero-order valence-electron chi connectivity index (χ0n) is 10.0. The van der Waals surface area contributed by atoms with Crippen molar-refractivity contribution in [1.29, 1.82) is 0 Å². The van der Waals surface area contributed by atoms with Gasteiger partial charge >= 0.3 is 0 Å². The maximum atomic E-state index is 11.7. The summed E-state index contributed by atoms with van der Waals surface area (Å²) in [5, 5.41) is 0. The highest BCUT2D eigenvalue weighted by molar-refractivity contribution is 5.82. The maximum Gasteiger partial charge on any atom is 0.135 e. The topological polar surface area (TPSA) is 26.3 Å². The molecule has 0 saturated heterocycles. The summed E-state index contributed by atoms with van der Waals surface area (Å²) in [5.74, 6) is 2.33. The average Bonchev–Trinajstić information content (AvgIpc) is 2.76. The Morgan fingerprint density at radius 1 is 1.18 bits per heavy atom. The van der Waals surface area contributed by atoms with Gasteiger partial charge in [0.25, 0.3) is 0 Å². The predicted octanol–water partition coefficient (Wildman–Crippen LogP) is 3.31. The molecule has 1 fully saturated rings. The summed E-state index contributed by atoms with van der Waals surface area (Å²) < 4.78 is 5.66. The van der Waals surface area contributed by atoms with Crippen LogP contribution in [0.3, 0.4) is 0 Å². The Labute approximate surface area is 102 Å². The molecular weight excluding hydrogens is 212 g/mol. The maximum absolute atomic E-state index is 11.7. The molecule has 0 amide bonds. The number of ether oxygens (including phenoxy) is 1. The minimum absolute atomic E-state index is 0.311. The number of fused-ring (bicyclic) bond motifs is 1. The number of Topliss-reactive ketones (excluding diaryl/α,β-unsaturated/α-hetero) is 1. The van der Waals surface area contributed by atoms with E-state index in [0.29, 0.717) is 17.6 Å². The van der Waals surface area contributed by atoms with Crippen LogP contribution in [0, 0.1) is 5.92 Å². The van der Waals surface area contributed by atoms with Crippen molar-refractivity contribution in [2.75, 3.05) is 6.61 Å². The summed E-state index contributed by atoms with van der Waals surface area (Å²) in [4.78, 5) is 11.7. The lowest BCUT2D eigenvalue weighted by molar-refractivity contribution is -0.121. The van der Waals surface area contributed by atoms with Gasteiger partial charge < -0.3 is 4.74 Å². The Hall–Kier alpha value is -1.31. The van der Waals surface area contributed by atoms with E-state index in [2.05, 4.69) is 12.1 Å². The molecule has 17 heavy (non-hydrogen) atoms. The zero-order valence-corrected chi connectivity index (χ0v) is 10.0. The monoisotopic (exact) mass is 230 g/mol. The second-order valence-corrected chi connectivity index (χ2v) is 5.16. The first kappa shape index (κ1) is 10.8. The Morgan fingerprint density at radius 3 is 2.88 bits per heavy atom. The van der Waals surface area contributed by atoms with E-state index < -0.39 is 0 Å². The second-order valence-electron chi connectivity index (χ2n) is 5.16. The molecule has 1 aromatic rings. The first-order valence-electron chi connectivity index (χ1n) is 6.59. The van der Waals surface area contributed by atoms with Crippen LogP contribution >= 0.6 is 0 Å². The molecule has 90 valence electrons. The fraction of sp³-hybridized carbons (Fsp3) is 0.533. The molecular formula is C15H18O2. The summed E-state index contributed by atoms with van der Waals surface area (Å²) in [5.41, 5.74) is 1.30. The van der Waals surface area contributed by atoms with Crippen molar-refractivity contribution in [3.8, 4) is 5.75 Å². The molecule has 0 aromatic heterocycles. The molecule has 2 heteroatoms. The van der Waals surface area contributed by atoms with E-state index in [4.69, 9.17) is 4.74 Å². The predicted molar refractivity (Wildman–Crippen MR) is 66.3 cm³/mol. The molecule has 0 bridgehead atoms. The molecule has 1 aliphatic heterocycles. The Kier molecular flexibility index (Phi) is 2.87. The van der Waals surface area contributed by atoms with Crippen LogP contribution in [-0.2, 0) is 4.79 Å². The van der Waals surface area contributed by atoms with Crippen molar-refractivity contribution in [2.45, 2.75) is 38.0 Å². The van der Waals surface area contributed by atoms with Crippen LogP contribution in [0.1, 0.15) is 43.6 Å². The van der Waals surface area contributed by atoms with E-state index in [9.17, 15) is 4.79 Å². The van der Waals surface area contributed by atoms with Crippen LogP contribution in [0.15, 0.2) is 24.3 Å². The van der Waals surface area contributed by atoms with E-state index in [1.165, 1.54) is 5.56 Å². The van der Waals surface area contributed by atoms with Crippen molar-refractivity contribution in [3.63, 3.8) is 0 Å². The summed E-state index contributed by atoms with van der Waals surface area (Å²) in [7, 11) is 0. The number of carbonyl (C=O) groups excluding carboxylic acids is 1. The third kappa shape index (κ3) is 2.08. The Morgan fingerprint density at radius 2 is 2.06 bits per heavy atom. The molecule has 2 nitrogen and oxygen atoms in total. The van der Waals surface area contributed by atoms with Gasteiger partial charge in [-0.1, -0.05) is 18.2 Å². The highest BCUT2D eigenvalue weighted by Gasteiger charge is 2.30. The molecule has 2 unspecified atom stereocenters. The van der Waals surface area contributed by atoms with Gasteiger partial charge in [0, 0.05) is 12.3 Å². The average molecular weight is 230 g/mol. The molecule has 3 rings (SSSR count). The molecule has 0 spiro atoms. The number of ketones is 1. The van der Waals surface area contributed by atoms with Gasteiger partial charge in [0.2, 0.25) is 0 Å². The van der Waals surface area contributed by atoms with Crippen molar-refractivity contribution in [3.05, 3.63) is 29.8 Å². The summed E-state index contributed by atoms with van der Waals surface area (Å²) in [6.07, 6.45) is 5.07. The fourth-order valence-electron chi connectivity index (χ4n) is 3.14. The molecule has 0 radical (unpaired) electrons. The fourth-order valence-corrected chi connectivity index (χ4v) is 3.14. The zero-order chi connectivity index (χ0) is 11.7. The number of rotatable bonds is 2. The summed E-state index contributed by atoms with van der Waals surface area (Å²) in [6.45, 7) is 0.794. The van der Waals surface area contributed by atoms with Gasteiger partial charge in [-0.3, -0.25) is 4.79 Å². The number of hydrogen-bond acceptors (Lipinski definition) is 2. The second kappa shape index (κ2) is 4.52. The molecule has 2 atom stereocenters. The summed E-state index contributed by atoms with van der Waals surface area (Å²) >= 11 is 0. The minimum atomic E-state index is 0.311. The Balaban J connectivity index is 1.78. The quantitative estimate of drug-likeness (QED) is 0.779. The minimum Gasteiger partial charge on any atom is -0.493 e. The normalized spacial score (nSPS) is 27.6. The van der Waals surface area contributed by atoms with Gasteiger partial charge in [-0.2, -0.15) is 0 Å². The smallest absolute Gasteiger partial charge is 0.135 e. The van der Waals surface area contributed by atoms with Crippen LogP contribution in [0.2, 0.25) is 0 Å². The van der Waals surface area contributed by atoms with Crippen molar-refractivity contribution < 1.29 is 9.53 Å². The lowest BCUT2D eigenvalue weighted by atomic mass is 9.84. The first-order chi connectivity index (χ1) is 8.34. The molecule has 0 N–H and O–H groups in total. The standard InChI is InChI=1S/C15H18O2/c16-14-6-3-4-12(14)10-11-8-9-17-15-7-2-1-5-13(11)15/h1-2,5,7,11-12H,3-4,6,8-10H2. The number of para-hydroxylation sites is 1. The van der Waals surface area contributed by atoms with E-state index >= 15 is 0 Å². The van der Waals surface area contributed by atoms with Gasteiger partial charge in [-0.25, -0.2) is 0 Å². The lowest BCUT2D eigenvalue weighted by Crippen LogP contribution is -2.18. The van der Waals surface area contributed by atoms with Crippen LogP contribution < -0.4 is 4.74 Å². The van der Waals surface area contributed by atoms with Gasteiger partial charge in [0.1, 0.15) is 11.5 Å². The van der Waals surface area contributed by atoms with Crippen molar-refractivity contribution >= 4 is 5.78 Å². The highest BCUT2D eigenvalue weighted by atomic mass is 16.5.